The van der Waals surface area contributed by atoms with Crippen LogP contribution in [0.2, 0.25) is 0 Å². The van der Waals surface area contributed by atoms with Crippen molar-refractivity contribution in [1.82, 2.24) is 5.32 Å². The first-order chi connectivity index (χ1) is 7.56. The van der Waals surface area contributed by atoms with Crippen molar-refractivity contribution in [1.29, 1.82) is 0 Å². The molecule has 4 nitrogen and oxygen atoms in total. The van der Waals surface area contributed by atoms with Gasteiger partial charge in [-0.15, -0.1) is 11.3 Å². The summed E-state index contributed by atoms with van der Waals surface area (Å²) in [6, 6.07) is 4.22. The second kappa shape index (κ2) is 5.86. The third-order valence-electron chi connectivity index (χ3n) is 2.51. The van der Waals surface area contributed by atoms with Gasteiger partial charge in [0, 0.05) is 10.9 Å². The van der Waals surface area contributed by atoms with Crippen molar-refractivity contribution in [2.24, 2.45) is 16.8 Å². The van der Waals surface area contributed by atoms with Crippen LogP contribution in [0.5, 0.6) is 0 Å². The summed E-state index contributed by atoms with van der Waals surface area (Å²) in [7, 11) is 0. The number of thiophene rings is 1. The quantitative estimate of drug-likeness (QED) is 0.320. The summed E-state index contributed by atoms with van der Waals surface area (Å²) >= 11 is 1.71. The molecule has 16 heavy (non-hydrogen) atoms. The standard InChI is InChI=1S/C11H19N3OS/c1-7(2)10(9-5-4-6-16-9)13-8(3)11(12)14-15/h4-8,10,13,15H,1-3H3,(H2,12,14). The molecule has 0 radical (unpaired) electrons. The number of nitrogens with two attached hydrogens (primary N) is 1. The maximum absolute atomic E-state index is 8.61. The van der Waals surface area contributed by atoms with Crippen molar-refractivity contribution in [3.05, 3.63) is 22.4 Å². The van der Waals surface area contributed by atoms with Gasteiger partial charge in [-0.2, -0.15) is 0 Å². The number of oxime groups is 1. The second-order valence-electron chi connectivity index (χ2n) is 4.15. The zero-order valence-electron chi connectivity index (χ0n) is 9.84. The molecule has 4 N–H and O–H groups in total. The average molecular weight is 241 g/mol. The molecular formula is C11H19N3OS. The lowest BCUT2D eigenvalue weighted by molar-refractivity contribution is 0.312. The molecule has 0 spiro atoms. The molecule has 5 heteroatoms. The maximum atomic E-state index is 8.61. The number of nitrogens with zero attached hydrogens (tertiary/aromatic N) is 1. The van der Waals surface area contributed by atoms with Crippen molar-refractivity contribution in [2.75, 3.05) is 0 Å². The van der Waals surface area contributed by atoms with E-state index in [1.165, 1.54) is 4.88 Å². The van der Waals surface area contributed by atoms with Crippen molar-refractivity contribution >= 4 is 17.2 Å². The number of hydrogen-bond acceptors (Lipinski definition) is 4. The Morgan fingerprint density at radius 3 is 2.62 bits per heavy atom. The fraction of sp³-hybridized carbons (Fsp3) is 0.545. The van der Waals surface area contributed by atoms with E-state index in [2.05, 4.69) is 35.8 Å². The predicted octanol–water partition coefficient (Wildman–Crippen LogP) is 2.17. The Morgan fingerprint density at radius 1 is 1.50 bits per heavy atom. The van der Waals surface area contributed by atoms with E-state index in [1.54, 1.807) is 11.3 Å². The van der Waals surface area contributed by atoms with Crippen molar-refractivity contribution in [3.63, 3.8) is 0 Å². The first kappa shape index (κ1) is 13.0. The minimum absolute atomic E-state index is 0.139. The molecular weight excluding hydrogens is 222 g/mol. The van der Waals surface area contributed by atoms with Crippen LogP contribution in [-0.4, -0.2) is 17.1 Å². The van der Waals surface area contributed by atoms with E-state index < -0.39 is 0 Å². The summed E-state index contributed by atoms with van der Waals surface area (Å²) in [6.45, 7) is 6.19. The SMILES string of the molecule is CC(NC(c1cccs1)C(C)C)C(N)=NO. The molecule has 0 bridgehead atoms. The second-order valence-corrected chi connectivity index (χ2v) is 5.13. The van der Waals surface area contributed by atoms with Crippen LogP contribution in [0.25, 0.3) is 0 Å². The highest BCUT2D eigenvalue weighted by Gasteiger charge is 2.20. The molecule has 90 valence electrons. The van der Waals surface area contributed by atoms with Crippen molar-refractivity contribution < 1.29 is 5.21 Å². The highest BCUT2D eigenvalue weighted by molar-refractivity contribution is 7.10. The molecule has 2 unspecified atom stereocenters. The Morgan fingerprint density at radius 2 is 2.19 bits per heavy atom. The molecule has 0 amide bonds. The van der Waals surface area contributed by atoms with Gasteiger partial charge >= 0.3 is 0 Å². The third kappa shape index (κ3) is 3.21. The van der Waals surface area contributed by atoms with E-state index in [-0.39, 0.29) is 17.9 Å². The van der Waals surface area contributed by atoms with Gasteiger partial charge in [0.15, 0.2) is 5.84 Å². The van der Waals surface area contributed by atoms with Crippen LogP contribution in [-0.2, 0) is 0 Å². The summed E-state index contributed by atoms with van der Waals surface area (Å²) < 4.78 is 0. The molecule has 1 aromatic rings. The molecule has 1 rings (SSSR count). The zero-order chi connectivity index (χ0) is 12.1. The minimum Gasteiger partial charge on any atom is -0.409 e. The average Bonchev–Trinajstić information content (AvgIpc) is 2.76. The van der Waals surface area contributed by atoms with E-state index in [9.17, 15) is 0 Å². The molecule has 0 aliphatic heterocycles. The van der Waals surface area contributed by atoms with Gasteiger partial charge < -0.3 is 10.9 Å². The maximum Gasteiger partial charge on any atom is 0.156 e. The normalized spacial score (nSPS) is 16.4. The lowest BCUT2D eigenvalue weighted by Gasteiger charge is -2.24. The highest BCUT2D eigenvalue weighted by Crippen LogP contribution is 2.26. The summed E-state index contributed by atoms with van der Waals surface area (Å²) in [6.07, 6.45) is 0. The van der Waals surface area contributed by atoms with Gasteiger partial charge in [-0.05, 0) is 24.3 Å². The van der Waals surface area contributed by atoms with E-state index in [0.717, 1.165) is 0 Å². The van der Waals surface area contributed by atoms with Crippen LogP contribution in [0.4, 0.5) is 0 Å². The van der Waals surface area contributed by atoms with Crippen LogP contribution >= 0.6 is 11.3 Å². The van der Waals surface area contributed by atoms with Gasteiger partial charge in [-0.25, -0.2) is 0 Å². The fourth-order valence-electron chi connectivity index (χ4n) is 1.51. The third-order valence-corrected chi connectivity index (χ3v) is 3.46. The summed E-state index contributed by atoms with van der Waals surface area (Å²) in [5.41, 5.74) is 5.56. The molecule has 0 aliphatic carbocycles. The molecule has 0 aliphatic rings. The van der Waals surface area contributed by atoms with Gasteiger partial charge in [0.05, 0.1) is 6.04 Å². The van der Waals surface area contributed by atoms with Crippen LogP contribution < -0.4 is 11.1 Å². The fourth-order valence-corrected chi connectivity index (χ4v) is 2.47. The van der Waals surface area contributed by atoms with Crippen LogP contribution in [0.3, 0.4) is 0 Å². The molecule has 0 aromatic carbocycles. The Labute approximate surface area is 100 Å². The van der Waals surface area contributed by atoms with Crippen LogP contribution in [0.1, 0.15) is 31.7 Å². The lowest BCUT2D eigenvalue weighted by Crippen LogP contribution is -2.42. The zero-order valence-corrected chi connectivity index (χ0v) is 10.7. The van der Waals surface area contributed by atoms with E-state index in [1.807, 2.05) is 13.0 Å². The van der Waals surface area contributed by atoms with Gasteiger partial charge in [0.25, 0.3) is 0 Å². The predicted molar refractivity (Wildman–Crippen MR) is 67.9 cm³/mol. The first-order valence-corrected chi connectivity index (χ1v) is 6.21. The molecule has 0 saturated heterocycles. The Bertz CT molecular complexity index is 335. The molecule has 1 aromatic heterocycles. The van der Waals surface area contributed by atoms with Gasteiger partial charge in [0.2, 0.25) is 0 Å². The van der Waals surface area contributed by atoms with Crippen molar-refractivity contribution in [3.8, 4) is 0 Å². The van der Waals surface area contributed by atoms with E-state index in [4.69, 9.17) is 10.9 Å². The minimum atomic E-state index is -0.139. The molecule has 1 heterocycles. The number of amidine groups is 1. The summed E-state index contributed by atoms with van der Waals surface area (Å²) in [5, 5.41) is 17.1. The van der Waals surface area contributed by atoms with E-state index in [0.29, 0.717) is 5.92 Å². The molecule has 0 fully saturated rings. The summed E-state index contributed by atoms with van der Waals surface area (Å²) in [4.78, 5) is 1.27. The Hall–Kier alpha value is -1.07. The Balaban J connectivity index is 2.74. The van der Waals surface area contributed by atoms with Gasteiger partial charge in [-0.1, -0.05) is 25.1 Å². The molecule has 2 atom stereocenters. The van der Waals surface area contributed by atoms with Crippen molar-refractivity contribution in [2.45, 2.75) is 32.9 Å². The number of nitrogens with one attached hydrogen (secondary N) is 1. The monoisotopic (exact) mass is 241 g/mol. The largest absolute Gasteiger partial charge is 0.409 e. The van der Waals surface area contributed by atoms with Crippen LogP contribution in [0, 0.1) is 5.92 Å². The van der Waals surface area contributed by atoms with Gasteiger partial charge in [-0.3, -0.25) is 5.32 Å². The smallest absolute Gasteiger partial charge is 0.156 e. The first-order valence-electron chi connectivity index (χ1n) is 5.33. The molecule has 0 saturated carbocycles. The van der Waals surface area contributed by atoms with Crippen LogP contribution in [0.15, 0.2) is 22.7 Å². The number of rotatable bonds is 5. The topological polar surface area (TPSA) is 70.6 Å². The Kier molecular flexibility index (Phi) is 4.76. The number of hydrogen-bond donors (Lipinski definition) is 3. The lowest BCUT2D eigenvalue weighted by atomic mass is 10.0. The summed E-state index contributed by atoms with van der Waals surface area (Å²) in [5.74, 6) is 0.662. The van der Waals surface area contributed by atoms with E-state index >= 15 is 0 Å². The van der Waals surface area contributed by atoms with Gasteiger partial charge in [0.1, 0.15) is 0 Å². The highest BCUT2D eigenvalue weighted by atomic mass is 32.1.